The lowest BCUT2D eigenvalue weighted by Gasteiger charge is -2.21. The van der Waals surface area contributed by atoms with Crippen LogP contribution in [0.25, 0.3) is 0 Å². The number of ether oxygens (including phenoxy) is 3. The van der Waals surface area contributed by atoms with Crippen LogP contribution in [-0.2, 0) is 6.54 Å². The molecule has 0 aliphatic carbocycles. The second-order valence-electron chi connectivity index (χ2n) is 7.43. The number of nitrogens with zero attached hydrogens (tertiary/aromatic N) is 2. The molecule has 1 heterocycles. The summed E-state index contributed by atoms with van der Waals surface area (Å²) in [6.45, 7) is -0.0299. The van der Waals surface area contributed by atoms with Crippen LogP contribution >= 0.6 is 24.0 Å². The Balaban J connectivity index is 0.00000385. The van der Waals surface area contributed by atoms with E-state index in [9.17, 15) is 8.78 Å². The first-order chi connectivity index (χ1) is 15.5. The van der Waals surface area contributed by atoms with E-state index < -0.39 is 6.61 Å². The van der Waals surface area contributed by atoms with Gasteiger partial charge in [0.05, 0.1) is 19.9 Å². The maximum absolute atomic E-state index is 12.7. The molecule has 2 aromatic carbocycles. The second-order valence-corrected chi connectivity index (χ2v) is 7.43. The van der Waals surface area contributed by atoms with Gasteiger partial charge in [0, 0.05) is 38.8 Å². The number of rotatable bonds is 9. The number of para-hydroxylation sites is 2. The number of benzene rings is 2. The third kappa shape index (κ3) is 7.51. The number of anilines is 1. The van der Waals surface area contributed by atoms with E-state index in [0.29, 0.717) is 23.2 Å². The largest absolute Gasteiger partial charge is 0.497 e. The Bertz CT molecular complexity index is 917. The second kappa shape index (κ2) is 13.3. The fourth-order valence-electron chi connectivity index (χ4n) is 3.78. The highest BCUT2D eigenvalue weighted by Crippen LogP contribution is 2.31. The van der Waals surface area contributed by atoms with Gasteiger partial charge in [0.25, 0.3) is 0 Å². The third-order valence-corrected chi connectivity index (χ3v) is 5.42. The lowest BCUT2D eigenvalue weighted by molar-refractivity contribution is -0.0505. The van der Waals surface area contributed by atoms with Gasteiger partial charge >= 0.3 is 6.61 Å². The van der Waals surface area contributed by atoms with Gasteiger partial charge in [-0.05, 0) is 42.7 Å². The zero-order chi connectivity index (χ0) is 22.9. The molecule has 0 spiro atoms. The van der Waals surface area contributed by atoms with Crippen molar-refractivity contribution in [1.29, 1.82) is 0 Å². The molecule has 0 bridgehead atoms. The molecular formula is C23H31F2IN4O3. The van der Waals surface area contributed by atoms with Crippen LogP contribution in [0.1, 0.15) is 12.0 Å². The van der Waals surface area contributed by atoms with Crippen molar-refractivity contribution >= 4 is 35.6 Å². The van der Waals surface area contributed by atoms with Crippen LogP contribution in [0.5, 0.6) is 17.2 Å². The van der Waals surface area contributed by atoms with Crippen LogP contribution in [0.3, 0.4) is 0 Å². The zero-order valence-electron chi connectivity index (χ0n) is 19.0. The minimum Gasteiger partial charge on any atom is -0.497 e. The summed E-state index contributed by atoms with van der Waals surface area (Å²) in [6.07, 6.45) is 1.05. The summed E-state index contributed by atoms with van der Waals surface area (Å²) in [5.74, 6) is 2.57. The summed E-state index contributed by atoms with van der Waals surface area (Å²) >= 11 is 0. The van der Waals surface area contributed by atoms with Crippen LogP contribution in [0, 0.1) is 5.92 Å². The molecule has 10 heteroatoms. The molecule has 1 saturated heterocycles. The average Bonchev–Trinajstić information content (AvgIpc) is 3.28. The van der Waals surface area contributed by atoms with Crippen molar-refractivity contribution in [3.05, 3.63) is 48.0 Å². The van der Waals surface area contributed by atoms with E-state index in [1.807, 2.05) is 18.2 Å². The first kappa shape index (κ1) is 26.7. The molecule has 0 aromatic heterocycles. The molecule has 0 saturated carbocycles. The smallest absolute Gasteiger partial charge is 0.387 e. The van der Waals surface area contributed by atoms with Crippen LogP contribution in [0.4, 0.5) is 14.5 Å². The van der Waals surface area contributed by atoms with E-state index in [1.54, 1.807) is 26.3 Å². The van der Waals surface area contributed by atoms with Crippen molar-refractivity contribution in [2.75, 3.05) is 45.8 Å². The van der Waals surface area contributed by atoms with Crippen molar-refractivity contribution in [1.82, 2.24) is 10.6 Å². The van der Waals surface area contributed by atoms with E-state index in [2.05, 4.69) is 31.3 Å². The minimum atomic E-state index is -2.90. The van der Waals surface area contributed by atoms with Crippen LogP contribution < -0.4 is 29.7 Å². The van der Waals surface area contributed by atoms with Gasteiger partial charge in [0.2, 0.25) is 0 Å². The number of methoxy groups -OCH3 is 2. The summed E-state index contributed by atoms with van der Waals surface area (Å²) in [5, 5.41) is 6.49. The predicted octanol–water partition coefficient (Wildman–Crippen LogP) is 4.11. The molecule has 2 N–H and O–H groups in total. The Morgan fingerprint density at radius 3 is 2.61 bits per heavy atom. The van der Waals surface area contributed by atoms with Gasteiger partial charge in [-0.15, -0.1) is 24.0 Å². The molecular weight excluding hydrogens is 545 g/mol. The Labute approximate surface area is 210 Å². The van der Waals surface area contributed by atoms with Gasteiger partial charge in [-0.3, -0.25) is 4.99 Å². The van der Waals surface area contributed by atoms with E-state index in [4.69, 9.17) is 9.47 Å². The molecule has 0 radical (unpaired) electrons. The topological polar surface area (TPSA) is 67.4 Å². The first-order valence-electron chi connectivity index (χ1n) is 10.5. The van der Waals surface area contributed by atoms with Gasteiger partial charge in [-0.1, -0.05) is 12.1 Å². The van der Waals surface area contributed by atoms with E-state index in [0.717, 1.165) is 37.5 Å². The van der Waals surface area contributed by atoms with Gasteiger partial charge in [-0.2, -0.15) is 8.78 Å². The molecule has 1 aliphatic heterocycles. The van der Waals surface area contributed by atoms with Crippen molar-refractivity contribution in [2.24, 2.45) is 10.9 Å². The van der Waals surface area contributed by atoms with Gasteiger partial charge in [0.15, 0.2) is 5.96 Å². The number of nitrogens with one attached hydrogen (secondary N) is 2. The summed E-state index contributed by atoms with van der Waals surface area (Å²) < 4.78 is 40.7. The van der Waals surface area contributed by atoms with E-state index in [1.165, 1.54) is 13.2 Å². The fourth-order valence-corrected chi connectivity index (χ4v) is 3.78. The standard InChI is InChI=1S/C23H30F2N4O3.HI/c1-26-23(28-14-17-12-18(30-2)8-9-20(17)32-22(24)25)27-13-16-10-11-29(15-16)19-6-4-5-7-21(19)31-3;/h4-9,12,16,22H,10-11,13-15H2,1-3H3,(H2,26,27,28);1H. The molecule has 1 aliphatic rings. The van der Waals surface area contributed by atoms with Gasteiger partial charge in [0.1, 0.15) is 17.2 Å². The zero-order valence-corrected chi connectivity index (χ0v) is 21.3. The molecule has 0 amide bonds. The van der Waals surface area contributed by atoms with Crippen molar-refractivity contribution in [3.8, 4) is 17.2 Å². The highest BCUT2D eigenvalue weighted by molar-refractivity contribution is 14.0. The average molecular weight is 576 g/mol. The summed E-state index contributed by atoms with van der Waals surface area (Å²) in [4.78, 5) is 6.57. The number of hydrogen-bond acceptors (Lipinski definition) is 5. The maximum atomic E-state index is 12.7. The van der Waals surface area contributed by atoms with Crippen LogP contribution in [0.15, 0.2) is 47.5 Å². The SMILES string of the molecule is CN=C(NCc1cc(OC)ccc1OC(F)F)NCC1CCN(c2ccccc2OC)C1.I. The summed E-state index contributed by atoms with van der Waals surface area (Å²) in [7, 11) is 4.88. The Kier molecular flexibility index (Phi) is 10.8. The molecule has 1 unspecified atom stereocenters. The van der Waals surface area contributed by atoms with Crippen LogP contribution in [0.2, 0.25) is 0 Å². The number of halogens is 3. The number of guanidine groups is 1. The molecule has 182 valence electrons. The molecule has 1 atom stereocenters. The minimum absolute atomic E-state index is 0. The quantitative estimate of drug-likeness (QED) is 0.266. The molecule has 3 rings (SSSR count). The van der Waals surface area contributed by atoms with Gasteiger partial charge in [-0.25, -0.2) is 0 Å². The van der Waals surface area contributed by atoms with Crippen molar-refractivity contribution in [2.45, 2.75) is 19.6 Å². The van der Waals surface area contributed by atoms with Gasteiger partial charge < -0.3 is 29.7 Å². The maximum Gasteiger partial charge on any atom is 0.387 e. The normalized spacial score (nSPS) is 15.8. The first-order valence-corrected chi connectivity index (χ1v) is 10.5. The Morgan fingerprint density at radius 2 is 1.91 bits per heavy atom. The van der Waals surface area contributed by atoms with E-state index in [-0.39, 0.29) is 36.3 Å². The lowest BCUT2D eigenvalue weighted by atomic mass is 10.1. The summed E-state index contributed by atoms with van der Waals surface area (Å²) in [5.41, 5.74) is 1.65. The van der Waals surface area contributed by atoms with Crippen molar-refractivity contribution < 1.29 is 23.0 Å². The summed E-state index contributed by atoms with van der Waals surface area (Å²) in [6, 6.07) is 12.7. The van der Waals surface area contributed by atoms with Crippen LogP contribution in [-0.4, -0.2) is 53.5 Å². The molecule has 1 fully saturated rings. The van der Waals surface area contributed by atoms with E-state index >= 15 is 0 Å². The lowest BCUT2D eigenvalue weighted by Crippen LogP contribution is -2.40. The third-order valence-electron chi connectivity index (χ3n) is 5.42. The molecule has 2 aromatic rings. The Hall–Kier alpha value is -2.50. The highest BCUT2D eigenvalue weighted by atomic mass is 127. The number of aliphatic imine (C=N–C) groups is 1. The van der Waals surface area contributed by atoms with Crippen molar-refractivity contribution in [3.63, 3.8) is 0 Å². The fraction of sp³-hybridized carbons (Fsp3) is 0.435. The molecule has 7 nitrogen and oxygen atoms in total. The predicted molar refractivity (Wildman–Crippen MR) is 137 cm³/mol. The monoisotopic (exact) mass is 576 g/mol. The number of alkyl halides is 2. The highest BCUT2D eigenvalue weighted by Gasteiger charge is 2.24. The number of hydrogen-bond donors (Lipinski definition) is 2. The Morgan fingerprint density at radius 1 is 1.12 bits per heavy atom. The molecule has 33 heavy (non-hydrogen) atoms.